The lowest BCUT2D eigenvalue weighted by molar-refractivity contribution is 0.437. The molecule has 2 aromatic rings. The number of pyridine rings is 1. The zero-order valence-corrected chi connectivity index (χ0v) is 12.4. The number of fused-ring (bicyclic) bond motifs is 1. The Morgan fingerprint density at radius 1 is 1.11 bits per heavy atom. The fraction of sp³-hybridized carbons (Fsp3) is 0.400. The average molecular weight is 307 g/mol. The molecule has 1 fully saturated rings. The smallest absolute Gasteiger partial charge is 0.136 e. The van der Waals surface area contributed by atoms with Gasteiger partial charge in [-0.05, 0) is 30.2 Å². The van der Waals surface area contributed by atoms with Gasteiger partial charge in [0, 0.05) is 24.7 Å². The number of aromatic nitrogens is 1. The Balaban J connectivity index is 0.00000120. The van der Waals surface area contributed by atoms with Crippen molar-refractivity contribution in [2.24, 2.45) is 5.92 Å². The lowest BCUT2D eigenvalue weighted by Gasteiger charge is -2.31. The molecule has 3 heteroatoms. The van der Waals surface area contributed by atoms with Crippen molar-refractivity contribution in [2.45, 2.75) is 19.8 Å². The van der Waals surface area contributed by atoms with Gasteiger partial charge in [0.25, 0.3) is 0 Å². The van der Waals surface area contributed by atoms with E-state index in [9.17, 15) is 0 Å². The predicted molar refractivity (Wildman–Crippen MR) is 82.7 cm³/mol. The molecule has 1 saturated heterocycles. The van der Waals surface area contributed by atoms with E-state index in [1.165, 1.54) is 23.6 Å². The summed E-state index contributed by atoms with van der Waals surface area (Å²) in [5.74, 6) is 2.02. The van der Waals surface area contributed by atoms with Crippen LogP contribution in [0.5, 0.6) is 0 Å². The minimum atomic E-state index is 0. The summed E-state index contributed by atoms with van der Waals surface area (Å²) in [7, 11) is 0. The lowest BCUT2D eigenvalue weighted by Crippen LogP contribution is -2.33. The van der Waals surface area contributed by atoms with Crippen LogP contribution >= 0.6 is 17.0 Å². The highest BCUT2D eigenvalue weighted by molar-refractivity contribution is 8.93. The second-order valence-electron chi connectivity index (χ2n) is 5.03. The van der Waals surface area contributed by atoms with Crippen LogP contribution in [0.25, 0.3) is 10.8 Å². The average Bonchev–Trinajstić information content (AvgIpc) is 2.39. The molecule has 0 N–H and O–H groups in total. The molecule has 1 aliphatic heterocycles. The quantitative estimate of drug-likeness (QED) is 0.790. The van der Waals surface area contributed by atoms with Gasteiger partial charge >= 0.3 is 0 Å². The molecule has 1 aliphatic rings. The van der Waals surface area contributed by atoms with Crippen molar-refractivity contribution in [1.82, 2.24) is 4.98 Å². The largest absolute Gasteiger partial charge is 0.356 e. The number of nitrogens with zero attached hydrogens (tertiary/aromatic N) is 2. The molecule has 18 heavy (non-hydrogen) atoms. The van der Waals surface area contributed by atoms with Crippen LogP contribution in [0.1, 0.15) is 19.8 Å². The molecular formula is C15H19BrN2. The minimum absolute atomic E-state index is 0. The van der Waals surface area contributed by atoms with E-state index in [0.29, 0.717) is 0 Å². The standard InChI is InChI=1S/C15H18N2.BrH/c1-12-7-10-17(11-8-12)15-14-5-3-2-4-13(14)6-9-16-15;/h2-6,9,12H,7-8,10-11H2,1H3;1H. The van der Waals surface area contributed by atoms with Gasteiger partial charge < -0.3 is 4.90 Å². The zero-order valence-electron chi connectivity index (χ0n) is 10.7. The molecule has 0 radical (unpaired) electrons. The van der Waals surface area contributed by atoms with Gasteiger partial charge in [-0.1, -0.05) is 31.2 Å². The Kier molecular flexibility index (Phi) is 4.23. The SMILES string of the molecule is Br.CC1CCN(c2nccc3ccccc23)CC1. The van der Waals surface area contributed by atoms with Crippen molar-refractivity contribution >= 4 is 33.6 Å². The van der Waals surface area contributed by atoms with Gasteiger partial charge in [-0.25, -0.2) is 4.98 Å². The molecule has 3 rings (SSSR count). The van der Waals surface area contributed by atoms with E-state index in [1.807, 2.05) is 6.20 Å². The van der Waals surface area contributed by atoms with E-state index in [-0.39, 0.29) is 17.0 Å². The van der Waals surface area contributed by atoms with Crippen LogP contribution in [0.2, 0.25) is 0 Å². The Bertz CT molecular complexity index is 513. The molecule has 0 aliphatic carbocycles. The van der Waals surface area contributed by atoms with Crippen molar-refractivity contribution in [3.8, 4) is 0 Å². The van der Waals surface area contributed by atoms with Gasteiger partial charge in [-0.2, -0.15) is 0 Å². The first-order chi connectivity index (χ1) is 8.34. The number of hydrogen-bond donors (Lipinski definition) is 0. The number of anilines is 1. The van der Waals surface area contributed by atoms with Crippen LogP contribution in [-0.4, -0.2) is 18.1 Å². The van der Waals surface area contributed by atoms with Crippen molar-refractivity contribution in [3.63, 3.8) is 0 Å². The van der Waals surface area contributed by atoms with Crippen molar-refractivity contribution in [1.29, 1.82) is 0 Å². The van der Waals surface area contributed by atoms with E-state index in [0.717, 1.165) is 24.8 Å². The van der Waals surface area contributed by atoms with Crippen LogP contribution in [0.4, 0.5) is 5.82 Å². The van der Waals surface area contributed by atoms with Gasteiger partial charge in [0.15, 0.2) is 0 Å². The number of piperidine rings is 1. The Morgan fingerprint density at radius 3 is 2.61 bits per heavy atom. The predicted octanol–water partition coefficient (Wildman–Crippen LogP) is 4.05. The molecule has 0 atom stereocenters. The highest BCUT2D eigenvalue weighted by Crippen LogP contribution is 2.27. The number of hydrogen-bond acceptors (Lipinski definition) is 2. The first kappa shape index (κ1) is 13.3. The summed E-state index contributed by atoms with van der Waals surface area (Å²) >= 11 is 0. The number of halogens is 1. The topological polar surface area (TPSA) is 16.1 Å². The summed E-state index contributed by atoms with van der Waals surface area (Å²) in [6, 6.07) is 10.6. The lowest BCUT2D eigenvalue weighted by atomic mass is 9.99. The van der Waals surface area contributed by atoms with E-state index >= 15 is 0 Å². The van der Waals surface area contributed by atoms with E-state index < -0.39 is 0 Å². The van der Waals surface area contributed by atoms with E-state index in [1.54, 1.807) is 0 Å². The molecule has 1 aromatic heterocycles. The fourth-order valence-electron chi connectivity index (χ4n) is 2.58. The molecule has 0 saturated carbocycles. The third-order valence-corrected chi connectivity index (χ3v) is 3.74. The van der Waals surface area contributed by atoms with E-state index in [4.69, 9.17) is 0 Å². The maximum atomic E-state index is 4.58. The normalized spacial score (nSPS) is 16.6. The summed E-state index contributed by atoms with van der Waals surface area (Å²) in [5.41, 5.74) is 0. The molecule has 0 bridgehead atoms. The third kappa shape index (κ3) is 2.51. The molecule has 96 valence electrons. The highest BCUT2D eigenvalue weighted by Gasteiger charge is 2.18. The molecule has 1 aromatic carbocycles. The molecule has 2 heterocycles. The van der Waals surface area contributed by atoms with Gasteiger partial charge in [-0.15, -0.1) is 17.0 Å². The van der Waals surface area contributed by atoms with Gasteiger partial charge in [-0.3, -0.25) is 0 Å². The molecule has 0 unspecified atom stereocenters. The van der Waals surface area contributed by atoms with E-state index in [2.05, 4.69) is 47.1 Å². The zero-order chi connectivity index (χ0) is 11.7. The van der Waals surface area contributed by atoms with Gasteiger partial charge in [0.1, 0.15) is 5.82 Å². The van der Waals surface area contributed by atoms with Crippen molar-refractivity contribution in [2.75, 3.05) is 18.0 Å². The first-order valence-electron chi connectivity index (χ1n) is 6.43. The Morgan fingerprint density at radius 2 is 1.83 bits per heavy atom. The summed E-state index contributed by atoms with van der Waals surface area (Å²) in [4.78, 5) is 7.01. The van der Waals surface area contributed by atoms with Crippen LogP contribution in [-0.2, 0) is 0 Å². The second-order valence-corrected chi connectivity index (χ2v) is 5.03. The molecule has 0 spiro atoms. The Labute approximate surface area is 119 Å². The van der Waals surface area contributed by atoms with Crippen LogP contribution < -0.4 is 4.90 Å². The van der Waals surface area contributed by atoms with Crippen LogP contribution in [0.3, 0.4) is 0 Å². The van der Waals surface area contributed by atoms with Gasteiger partial charge in [0.05, 0.1) is 0 Å². The first-order valence-corrected chi connectivity index (χ1v) is 6.43. The van der Waals surface area contributed by atoms with Crippen LogP contribution in [0.15, 0.2) is 36.5 Å². The van der Waals surface area contributed by atoms with Crippen LogP contribution in [0, 0.1) is 5.92 Å². The van der Waals surface area contributed by atoms with Crippen molar-refractivity contribution in [3.05, 3.63) is 36.5 Å². The fourth-order valence-corrected chi connectivity index (χ4v) is 2.58. The molecule has 2 nitrogen and oxygen atoms in total. The van der Waals surface area contributed by atoms with Crippen molar-refractivity contribution < 1.29 is 0 Å². The molecule has 0 amide bonds. The third-order valence-electron chi connectivity index (χ3n) is 3.74. The highest BCUT2D eigenvalue weighted by atomic mass is 79.9. The summed E-state index contributed by atoms with van der Waals surface area (Å²) < 4.78 is 0. The maximum Gasteiger partial charge on any atom is 0.136 e. The number of benzene rings is 1. The monoisotopic (exact) mass is 306 g/mol. The number of rotatable bonds is 1. The summed E-state index contributed by atoms with van der Waals surface area (Å²) in [5, 5.41) is 2.57. The maximum absolute atomic E-state index is 4.58. The minimum Gasteiger partial charge on any atom is -0.356 e. The Hall–Kier alpha value is -1.09. The van der Waals surface area contributed by atoms with Gasteiger partial charge in [0.2, 0.25) is 0 Å². The summed E-state index contributed by atoms with van der Waals surface area (Å²) in [6.07, 6.45) is 4.49. The molecular weight excluding hydrogens is 288 g/mol. The summed E-state index contributed by atoms with van der Waals surface area (Å²) in [6.45, 7) is 4.62. The second kappa shape index (κ2) is 5.70.